The summed E-state index contributed by atoms with van der Waals surface area (Å²) in [4.78, 5) is 5.11. The number of hydrogen-bond acceptors (Lipinski definition) is 3. The van der Waals surface area contributed by atoms with Crippen molar-refractivity contribution >= 4 is 35.0 Å². The van der Waals surface area contributed by atoms with Crippen LogP contribution in [0.2, 0.25) is 10.0 Å². The molecule has 0 saturated carbocycles. The Bertz CT molecular complexity index is 519. The average Bonchev–Trinajstić information content (AvgIpc) is 2.37. The largest absolute Gasteiger partial charge is 0.386 e. The second-order valence-corrected chi connectivity index (χ2v) is 5.65. The van der Waals surface area contributed by atoms with Gasteiger partial charge in [-0.1, -0.05) is 29.3 Å². The maximum Gasteiger partial charge on any atom is 0.105 e. The van der Waals surface area contributed by atoms with Crippen LogP contribution >= 0.6 is 35.0 Å². The van der Waals surface area contributed by atoms with Crippen molar-refractivity contribution in [2.24, 2.45) is 0 Å². The van der Waals surface area contributed by atoms with Crippen LogP contribution in [0.3, 0.4) is 0 Å². The van der Waals surface area contributed by atoms with Crippen molar-refractivity contribution in [3.05, 3.63) is 58.3 Å². The van der Waals surface area contributed by atoms with Crippen molar-refractivity contribution in [2.75, 3.05) is 5.75 Å². The van der Waals surface area contributed by atoms with Crippen LogP contribution in [0.5, 0.6) is 0 Å². The van der Waals surface area contributed by atoms with Crippen LogP contribution in [0.4, 0.5) is 0 Å². The fourth-order valence-electron chi connectivity index (χ4n) is 1.40. The molecule has 0 saturated heterocycles. The third kappa shape index (κ3) is 3.89. The molecule has 1 aromatic heterocycles. The summed E-state index contributed by atoms with van der Waals surface area (Å²) in [5.74, 6) is 0.523. The van der Waals surface area contributed by atoms with Gasteiger partial charge in [0.2, 0.25) is 0 Å². The van der Waals surface area contributed by atoms with E-state index in [1.165, 1.54) is 18.0 Å². The minimum Gasteiger partial charge on any atom is -0.386 e. The number of aromatic nitrogens is 1. The molecule has 1 N–H and O–H groups in total. The average molecular weight is 300 g/mol. The molecule has 1 atom stereocenters. The molecule has 5 heteroatoms. The zero-order valence-corrected chi connectivity index (χ0v) is 11.7. The van der Waals surface area contributed by atoms with Crippen LogP contribution in [0.25, 0.3) is 0 Å². The van der Waals surface area contributed by atoms with E-state index >= 15 is 0 Å². The number of nitrogens with zero attached hydrogens (tertiary/aromatic N) is 1. The van der Waals surface area contributed by atoms with Crippen molar-refractivity contribution in [3.63, 3.8) is 0 Å². The molecule has 0 amide bonds. The van der Waals surface area contributed by atoms with Gasteiger partial charge in [-0.15, -0.1) is 11.8 Å². The SMILES string of the molecule is OC(CSc1cccc(Cl)c1)c1ccc(Cl)cn1. The molecule has 18 heavy (non-hydrogen) atoms. The molecule has 0 aliphatic rings. The van der Waals surface area contributed by atoms with Gasteiger partial charge in [0.1, 0.15) is 6.10 Å². The number of aliphatic hydroxyl groups excluding tert-OH is 1. The Labute approximate surface area is 120 Å². The van der Waals surface area contributed by atoms with Crippen LogP contribution in [0.15, 0.2) is 47.5 Å². The molecule has 0 bridgehead atoms. The van der Waals surface area contributed by atoms with Crippen LogP contribution in [-0.4, -0.2) is 15.8 Å². The Morgan fingerprint density at radius 1 is 1.17 bits per heavy atom. The highest BCUT2D eigenvalue weighted by Crippen LogP contribution is 2.26. The van der Waals surface area contributed by atoms with Crippen LogP contribution in [0, 0.1) is 0 Å². The fourth-order valence-corrected chi connectivity index (χ4v) is 2.67. The smallest absolute Gasteiger partial charge is 0.105 e. The van der Waals surface area contributed by atoms with Gasteiger partial charge in [-0.05, 0) is 30.3 Å². The number of rotatable bonds is 4. The summed E-state index contributed by atoms with van der Waals surface area (Å²) in [6, 6.07) is 11.0. The number of thioether (sulfide) groups is 1. The molecule has 2 aromatic rings. The van der Waals surface area contributed by atoms with Crippen LogP contribution < -0.4 is 0 Å². The number of aliphatic hydroxyl groups is 1. The summed E-state index contributed by atoms with van der Waals surface area (Å²) in [5.41, 5.74) is 0.619. The van der Waals surface area contributed by atoms with Gasteiger partial charge in [0, 0.05) is 21.9 Å². The molecule has 1 aromatic carbocycles. The third-order valence-electron chi connectivity index (χ3n) is 2.30. The second kappa shape index (κ2) is 6.43. The Kier molecular flexibility index (Phi) is 4.89. The molecular weight excluding hydrogens is 289 g/mol. The minimum absolute atomic E-state index is 0.523. The Hall–Kier alpha value is -0.740. The van der Waals surface area contributed by atoms with E-state index in [0.29, 0.717) is 21.5 Å². The summed E-state index contributed by atoms with van der Waals surface area (Å²) in [5, 5.41) is 11.2. The molecule has 1 heterocycles. The topological polar surface area (TPSA) is 33.1 Å². The van der Waals surface area contributed by atoms with Gasteiger partial charge < -0.3 is 5.11 Å². The van der Waals surface area contributed by atoms with Crippen molar-refractivity contribution in [2.45, 2.75) is 11.0 Å². The normalized spacial score (nSPS) is 12.4. The summed E-state index contributed by atoms with van der Waals surface area (Å²) < 4.78 is 0. The molecule has 0 aliphatic carbocycles. The lowest BCUT2D eigenvalue weighted by atomic mass is 10.2. The molecule has 0 radical (unpaired) electrons. The predicted molar refractivity (Wildman–Crippen MR) is 76.4 cm³/mol. The van der Waals surface area contributed by atoms with Crippen LogP contribution in [-0.2, 0) is 0 Å². The van der Waals surface area contributed by atoms with E-state index in [0.717, 1.165) is 4.90 Å². The quantitative estimate of drug-likeness (QED) is 0.858. The van der Waals surface area contributed by atoms with Gasteiger partial charge >= 0.3 is 0 Å². The third-order valence-corrected chi connectivity index (χ3v) is 3.82. The molecule has 1 unspecified atom stereocenters. The second-order valence-electron chi connectivity index (χ2n) is 3.69. The standard InChI is InChI=1S/C13H11Cl2NOS/c14-9-2-1-3-11(6-9)18-8-13(17)12-5-4-10(15)7-16-12/h1-7,13,17H,8H2. The summed E-state index contributed by atoms with van der Waals surface area (Å²) >= 11 is 13.2. The first-order valence-corrected chi connectivity index (χ1v) is 7.07. The molecule has 2 rings (SSSR count). The highest BCUT2D eigenvalue weighted by molar-refractivity contribution is 7.99. The van der Waals surface area contributed by atoms with Crippen molar-refractivity contribution in [3.8, 4) is 0 Å². The zero-order chi connectivity index (χ0) is 13.0. The minimum atomic E-state index is -0.619. The van der Waals surface area contributed by atoms with E-state index in [1.54, 1.807) is 12.1 Å². The Morgan fingerprint density at radius 3 is 2.67 bits per heavy atom. The zero-order valence-electron chi connectivity index (χ0n) is 9.38. The fraction of sp³-hybridized carbons (Fsp3) is 0.154. The van der Waals surface area contributed by atoms with E-state index in [-0.39, 0.29) is 0 Å². The molecule has 0 aliphatic heterocycles. The first-order chi connectivity index (χ1) is 8.65. The van der Waals surface area contributed by atoms with Crippen molar-refractivity contribution in [1.82, 2.24) is 4.98 Å². The highest BCUT2D eigenvalue weighted by Gasteiger charge is 2.09. The maximum absolute atomic E-state index is 9.98. The van der Waals surface area contributed by atoms with E-state index in [9.17, 15) is 5.11 Å². The lowest BCUT2D eigenvalue weighted by Gasteiger charge is -2.09. The number of pyridine rings is 1. The van der Waals surface area contributed by atoms with E-state index < -0.39 is 6.10 Å². The van der Waals surface area contributed by atoms with Gasteiger partial charge in [-0.2, -0.15) is 0 Å². The van der Waals surface area contributed by atoms with Gasteiger partial charge in [-0.3, -0.25) is 4.98 Å². The summed E-state index contributed by atoms with van der Waals surface area (Å²) in [6.45, 7) is 0. The molecule has 2 nitrogen and oxygen atoms in total. The number of hydrogen-bond donors (Lipinski definition) is 1. The first-order valence-electron chi connectivity index (χ1n) is 5.33. The predicted octanol–water partition coefficient (Wildman–Crippen LogP) is 4.21. The van der Waals surface area contributed by atoms with Gasteiger partial charge in [0.05, 0.1) is 10.7 Å². The number of benzene rings is 1. The van der Waals surface area contributed by atoms with Gasteiger partial charge in [0.15, 0.2) is 0 Å². The lowest BCUT2D eigenvalue weighted by Crippen LogP contribution is -2.02. The summed E-state index contributed by atoms with van der Waals surface area (Å²) in [7, 11) is 0. The van der Waals surface area contributed by atoms with E-state index in [1.807, 2.05) is 24.3 Å². The van der Waals surface area contributed by atoms with Crippen molar-refractivity contribution < 1.29 is 5.11 Å². The molecule has 0 fully saturated rings. The number of halogens is 2. The first kappa shape index (κ1) is 13.7. The highest BCUT2D eigenvalue weighted by atomic mass is 35.5. The Morgan fingerprint density at radius 2 is 2.00 bits per heavy atom. The molecule has 94 valence electrons. The molecular formula is C13H11Cl2NOS. The van der Waals surface area contributed by atoms with Crippen molar-refractivity contribution in [1.29, 1.82) is 0 Å². The lowest BCUT2D eigenvalue weighted by molar-refractivity contribution is 0.199. The monoisotopic (exact) mass is 299 g/mol. The Balaban J connectivity index is 1.96. The van der Waals surface area contributed by atoms with Crippen LogP contribution in [0.1, 0.15) is 11.8 Å². The maximum atomic E-state index is 9.98. The van der Waals surface area contributed by atoms with Gasteiger partial charge in [0.25, 0.3) is 0 Å². The van der Waals surface area contributed by atoms with Gasteiger partial charge in [-0.25, -0.2) is 0 Å². The molecule has 0 spiro atoms. The van der Waals surface area contributed by atoms with E-state index in [2.05, 4.69) is 4.98 Å². The summed E-state index contributed by atoms with van der Waals surface area (Å²) in [6.07, 6.45) is 0.913. The van der Waals surface area contributed by atoms with E-state index in [4.69, 9.17) is 23.2 Å².